The number of carbonyl (C=O) groups excluding carboxylic acids is 1. The van der Waals surface area contributed by atoms with E-state index in [0.717, 1.165) is 12.5 Å². The molecule has 82 valence electrons. The van der Waals surface area contributed by atoms with Crippen LogP contribution in [0.15, 0.2) is 0 Å². The summed E-state index contributed by atoms with van der Waals surface area (Å²) in [6, 6.07) is -0.333. The maximum atomic E-state index is 11.8. The number of nitrogens with zero attached hydrogens (tertiary/aromatic N) is 1. The van der Waals surface area contributed by atoms with Gasteiger partial charge in [0.2, 0.25) is 5.91 Å². The Balaban J connectivity index is 2.34. The SMILES string of the molecule is CC(C)[C@H](N)C(=O)N(C)CC1CCC1. The van der Waals surface area contributed by atoms with Crippen LogP contribution in [0, 0.1) is 11.8 Å². The van der Waals surface area contributed by atoms with Crippen molar-refractivity contribution in [3.63, 3.8) is 0 Å². The van der Waals surface area contributed by atoms with Gasteiger partial charge in [-0.05, 0) is 24.7 Å². The Morgan fingerprint density at radius 2 is 2.07 bits per heavy atom. The smallest absolute Gasteiger partial charge is 0.239 e. The van der Waals surface area contributed by atoms with E-state index in [0.29, 0.717) is 0 Å². The number of hydrogen-bond donors (Lipinski definition) is 1. The van der Waals surface area contributed by atoms with Crippen LogP contribution in [0.2, 0.25) is 0 Å². The van der Waals surface area contributed by atoms with Gasteiger partial charge in [-0.25, -0.2) is 0 Å². The first-order chi connectivity index (χ1) is 6.52. The van der Waals surface area contributed by atoms with Gasteiger partial charge >= 0.3 is 0 Å². The number of hydrogen-bond acceptors (Lipinski definition) is 2. The predicted octanol–water partition coefficient (Wildman–Crippen LogP) is 1.23. The molecular weight excluding hydrogens is 176 g/mol. The van der Waals surface area contributed by atoms with Gasteiger partial charge in [-0.2, -0.15) is 0 Å². The molecule has 1 atom stereocenters. The molecule has 0 radical (unpaired) electrons. The molecule has 0 aromatic carbocycles. The summed E-state index contributed by atoms with van der Waals surface area (Å²) in [6.45, 7) is 4.86. The quantitative estimate of drug-likeness (QED) is 0.738. The second-order valence-electron chi connectivity index (χ2n) is 4.79. The number of likely N-dealkylation sites (N-methyl/N-ethyl adjacent to an activating group) is 1. The lowest BCUT2D eigenvalue weighted by molar-refractivity contribution is -0.133. The number of nitrogens with two attached hydrogens (primary N) is 1. The molecule has 0 spiro atoms. The van der Waals surface area contributed by atoms with Crippen LogP contribution in [0.5, 0.6) is 0 Å². The molecule has 1 amide bonds. The molecule has 3 nitrogen and oxygen atoms in total. The van der Waals surface area contributed by atoms with Crippen molar-refractivity contribution in [2.75, 3.05) is 13.6 Å². The van der Waals surface area contributed by atoms with Gasteiger partial charge in [-0.1, -0.05) is 20.3 Å². The topological polar surface area (TPSA) is 46.3 Å². The Morgan fingerprint density at radius 1 is 1.50 bits per heavy atom. The molecule has 0 aromatic rings. The largest absolute Gasteiger partial charge is 0.344 e. The number of rotatable bonds is 4. The van der Waals surface area contributed by atoms with Crippen LogP contribution in [0.3, 0.4) is 0 Å². The summed E-state index contributed by atoms with van der Waals surface area (Å²) in [5.74, 6) is 1.04. The predicted molar refractivity (Wildman–Crippen MR) is 57.8 cm³/mol. The van der Waals surface area contributed by atoms with E-state index in [1.807, 2.05) is 20.9 Å². The highest BCUT2D eigenvalue weighted by Gasteiger charge is 2.25. The maximum absolute atomic E-state index is 11.8. The summed E-state index contributed by atoms with van der Waals surface area (Å²) in [5.41, 5.74) is 5.80. The van der Waals surface area contributed by atoms with Crippen LogP contribution in [0.4, 0.5) is 0 Å². The van der Waals surface area contributed by atoms with Crippen molar-refractivity contribution in [3.8, 4) is 0 Å². The lowest BCUT2D eigenvalue weighted by atomic mass is 9.85. The Morgan fingerprint density at radius 3 is 2.43 bits per heavy atom. The van der Waals surface area contributed by atoms with Crippen LogP contribution >= 0.6 is 0 Å². The first kappa shape index (κ1) is 11.5. The molecule has 0 bridgehead atoms. The van der Waals surface area contributed by atoms with Crippen molar-refractivity contribution in [2.24, 2.45) is 17.6 Å². The van der Waals surface area contributed by atoms with Crippen molar-refractivity contribution >= 4 is 5.91 Å². The average Bonchev–Trinajstić information content (AvgIpc) is 2.08. The van der Waals surface area contributed by atoms with Crippen LogP contribution in [0.25, 0.3) is 0 Å². The summed E-state index contributed by atoms with van der Waals surface area (Å²) in [6.07, 6.45) is 3.87. The van der Waals surface area contributed by atoms with E-state index in [9.17, 15) is 4.79 Å². The van der Waals surface area contributed by atoms with Gasteiger partial charge < -0.3 is 10.6 Å². The van der Waals surface area contributed by atoms with E-state index in [1.54, 1.807) is 4.90 Å². The second kappa shape index (κ2) is 4.78. The molecule has 1 aliphatic carbocycles. The fourth-order valence-electron chi connectivity index (χ4n) is 1.69. The summed E-state index contributed by atoms with van der Waals surface area (Å²) in [4.78, 5) is 13.6. The van der Waals surface area contributed by atoms with Gasteiger partial charge in [0.05, 0.1) is 6.04 Å². The highest BCUT2D eigenvalue weighted by Crippen LogP contribution is 2.26. The first-order valence-corrected chi connectivity index (χ1v) is 5.53. The molecule has 1 aliphatic rings. The highest BCUT2D eigenvalue weighted by atomic mass is 16.2. The molecule has 0 heterocycles. The van der Waals surface area contributed by atoms with Gasteiger partial charge in [-0.3, -0.25) is 4.79 Å². The molecule has 0 aliphatic heterocycles. The van der Waals surface area contributed by atoms with Gasteiger partial charge in [0.15, 0.2) is 0 Å². The number of amides is 1. The molecular formula is C11H22N2O. The molecule has 1 fully saturated rings. The zero-order chi connectivity index (χ0) is 10.7. The normalized spacial score (nSPS) is 19.2. The lowest BCUT2D eigenvalue weighted by Gasteiger charge is -2.32. The van der Waals surface area contributed by atoms with Crippen molar-refractivity contribution in [1.82, 2.24) is 4.90 Å². The molecule has 0 aromatic heterocycles. The highest BCUT2D eigenvalue weighted by molar-refractivity contribution is 5.81. The van der Waals surface area contributed by atoms with Crippen molar-refractivity contribution in [3.05, 3.63) is 0 Å². The molecule has 0 saturated heterocycles. The Bertz CT molecular complexity index is 199. The minimum Gasteiger partial charge on any atom is -0.344 e. The molecule has 1 saturated carbocycles. The molecule has 3 heteroatoms. The van der Waals surface area contributed by atoms with Crippen LogP contribution in [-0.4, -0.2) is 30.4 Å². The standard InChI is InChI=1S/C11H22N2O/c1-8(2)10(12)11(14)13(3)7-9-5-4-6-9/h8-10H,4-7,12H2,1-3H3/t10-/m0/s1. The van der Waals surface area contributed by atoms with Gasteiger partial charge in [0.1, 0.15) is 0 Å². The Hall–Kier alpha value is -0.570. The Kier molecular flexibility index (Phi) is 3.93. The molecule has 1 rings (SSSR count). The number of carbonyl (C=O) groups is 1. The fourth-order valence-corrected chi connectivity index (χ4v) is 1.69. The van der Waals surface area contributed by atoms with Crippen LogP contribution in [-0.2, 0) is 4.79 Å². The zero-order valence-electron chi connectivity index (χ0n) is 9.49. The van der Waals surface area contributed by atoms with Crippen molar-refractivity contribution < 1.29 is 4.79 Å². The fraction of sp³-hybridized carbons (Fsp3) is 0.909. The third-order valence-electron chi connectivity index (χ3n) is 3.14. The molecule has 2 N–H and O–H groups in total. The minimum absolute atomic E-state index is 0.0897. The summed E-state index contributed by atoms with van der Waals surface area (Å²) >= 11 is 0. The maximum Gasteiger partial charge on any atom is 0.239 e. The summed E-state index contributed by atoms with van der Waals surface area (Å²) < 4.78 is 0. The van der Waals surface area contributed by atoms with Crippen molar-refractivity contribution in [1.29, 1.82) is 0 Å². The van der Waals surface area contributed by atoms with Crippen molar-refractivity contribution in [2.45, 2.75) is 39.2 Å². The molecule has 0 unspecified atom stereocenters. The first-order valence-electron chi connectivity index (χ1n) is 5.53. The monoisotopic (exact) mass is 198 g/mol. The Labute approximate surface area is 86.6 Å². The van der Waals surface area contributed by atoms with Gasteiger partial charge in [0, 0.05) is 13.6 Å². The zero-order valence-corrected chi connectivity index (χ0v) is 9.49. The third kappa shape index (κ3) is 2.71. The summed E-state index contributed by atoms with van der Waals surface area (Å²) in [7, 11) is 1.86. The van der Waals surface area contributed by atoms with E-state index in [4.69, 9.17) is 5.73 Å². The summed E-state index contributed by atoms with van der Waals surface area (Å²) in [5, 5.41) is 0. The van der Waals surface area contributed by atoms with E-state index in [1.165, 1.54) is 19.3 Å². The van der Waals surface area contributed by atoms with Crippen LogP contribution < -0.4 is 5.73 Å². The van der Waals surface area contributed by atoms with Gasteiger partial charge in [-0.15, -0.1) is 0 Å². The van der Waals surface area contributed by atoms with E-state index >= 15 is 0 Å². The third-order valence-corrected chi connectivity index (χ3v) is 3.14. The minimum atomic E-state index is -0.333. The second-order valence-corrected chi connectivity index (χ2v) is 4.79. The molecule has 14 heavy (non-hydrogen) atoms. The van der Waals surface area contributed by atoms with E-state index in [2.05, 4.69) is 0 Å². The average molecular weight is 198 g/mol. The lowest BCUT2D eigenvalue weighted by Crippen LogP contribution is -2.46. The van der Waals surface area contributed by atoms with Crippen LogP contribution in [0.1, 0.15) is 33.1 Å². The van der Waals surface area contributed by atoms with E-state index in [-0.39, 0.29) is 17.9 Å². The van der Waals surface area contributed by atoms with Gasteiger partial charge in [0.25, 0.3) is 0 Å². The van der Waals surface area contributed by atoms with E-state index < -0.39 is 0 Å².